The minimum absolute atomic E-state index is 0.0103. The Hall–Kier alpha value is -2.81. The second kappa shape index (κ2) is 12.2. The molecule has 1 aromatic carbocycles. The standard InChI is InChI=1S/C33H45FN4O3/c1-20(2)30(10-11-32-40-12-13-41-32)36-17-25(18-36)24-14-28(31-16-35-23(7)37(31)19-24)27-9-8-26(34)15-29(27)33(39)38(21(3)4)22(5)6/h8-9,14-16,19-22,25,30,32H,10-13,17-18H2,1-7H3. The van der Waals surface area contributed by atoms with Crippen LogP contribution < -0.4 is 0 Å². The van der Waals surface area contributed by atoms with Crippen LogP contribution in [0.3, 0.4) is 0 Å². The van der Waals surface area contributed by atoms with Crippen molar-refractivity contribution < 1.29 is 18.7 Å². The number of hydrogen-bond acceptors (Lipinski definition) is 5. The van der Waals surface area contributed by atoms with E-state index in [0.29, 0.717) is 36.7 Å². The first-order valence-electron chi connectivity index (χ1n) is 15.1. The molecule has 7 nitrogen and oxygen atoms in total. The van der Waals surface area contributed by atoms with E-state index in [9.17, 15) is 9.18 Å². The smallest absolute Gasteiger partial charge is 0.255 e. The fourth-order valence-corrected chi connectivity index (χ4v) is 6.63. The van der Waals surface area contributed by atoms with E-state index in [1.807, 2.05) is 45.7 Å². The van der Waals surface area contributed by atoms with Crippen LogP contribution in [0, 0.1) is 18.7 Å². The molecule has 8 heteroatoms. The molecule has 2 aliphatic heterocycles. The molecule has 1 atom stereocenters. The predicted octanol–water partition coefficient (Wildman–Crippen LogP) is 6.28. The molecule has 2 aromatic heterocycles. The molecule has 2 fully saturated rings. The molecule has 5 rings (SSSR count). The number of rotatable bonds is 10. The van der Waals surface area contributed by atoms with Crippen LogP contribution in [0.25, 0.3) is 16.6 Å². The van der Waals surface area contributed by atoms with Gasteiger partial charge < -0.3 is 18.8 Å². The van der Waals surface area contributed by atoms with Gasteiger partial charge in [0.05, 0.1) is 30.5 Å². The molecule has 0 spiro atoms. The Morgan fingerprint density at radius 1 is 1.05 bits per heavy atom. The van der Waals surface area contributed by atoms with Crippen molar-refractivity contribution in [1.29, 1.82) is 0 Å². The van der Waals surface area contributed by atoms with E-state index in [4.69, 9.17) is 9.47 Å². The molecule has 0 bridgehead atoms. The number of nitrogens with zero attached hydrogens (tertiary/aromatic N) is 4. The molecular weight excluding hydrogens is 519 g/mol. The van der Waals surface area contributed by atoms with E-state index < -0.39 is 5.82 Å². The number of halogens is 1. The molecule has 2 saturated heterocycles. The van der Waals surface area contributed by atoms with Gasteiger partial charge in [0.15, 0.2) is 6.29 Å². The highest BCUT2D eigenvalue weighted by molar-refractivity contribution is 6.03. The zero-order valence-corrected chi connectivity index (χ0v) is 25.6. The van der Waals surface area contributed by atoms with Gasteiger partial charge in [-0.05, 0) is 82.7 Å². The summed E-state index contributed by atoms with van der Waals surface area (Å²) < 4.78 is 28.1. The van der Waals surface area contributed by atoms with Crippen molar-refractivity contribution in [2.45, 2.75) is 91.6 Å². The van der Waals surface area contributed by atoms with E-state index in [1.165, 1.54) is 17.7 Å². The first kappa shape index (κ1) is 29.7. The molecule has 1 amide bonds. The molecule has 1 unspecified atom stereocenters. The Morgan fingerprint density at radius 2 is 1.73 bits per heavy atom. The second-order valence-corrected chi connectivity index (χ2v) is 12.5. The molecule has 0 aliphatic carbocycles. The number of aryl methyl sites for hydroxylation is 1. The number of amides is 1. The summed E-state index contributed by atoms with van der Waals surface area (Å²) in [6.45, 7) is 17.9. The zero-order chi connectivity index (χ0) is 29.4. The minimum Gasteiger partial charge on any atom is -0.350 e. The molecule has 222 valence electrons. The Balaban J connectivity index is 1.46. The van der Waals surface area contributed by atoms with E-state index >= 15 is 0 Å². The number of aromatic nitrogens is 2. The number of likely N-dealkylation sites (tertiary alicyclic amines) is 1. The fourth-order valence-electron chi connectivity index (χ4n) is 6.63. The van der Waals surface area contributed by atoms with Crippen molar-refractivity contribution in [3.8, 4) is 11.1 Å². The molecule has 0 saturated carbocycles. The van der Waals surface area contributed by atoms with Gasteiger partial charge in [-0.3, -0.25) is 9.69 Å². The summed E-state index contributed by atoms with van der Waals surface area (Å²) in [5.74, 6) is 1.21. The maximum Gasteiger partial charge on any atom is 0.255 e. The topological polar surface area (TPSA) is 59.3 Å². The van der Waals surface area contributed by atoms with Crippen LogP contribution in [0.2, 0.25) is 0 Å². The monoisotopic (exact) mass is 564 g/mol. The van der Waals surface area contributed by atoms with Crippen LogP contribution in [0.5, 0.6) is 0 Å². The van der Waals surface area contributed by atoms with Crippen molar-refractivity contribution >= 4 is 11.4 Å². The average Bonchev–Trinajstić information content (AvgIpc) is 3.54. The third-order valence-corrected chi connectivity index (χ3v) is 8.71. The fraction of sp³-hybridized carbons (Fsp3) is 0.576. The normalized spacial score (nSPS) is 17.7. The Morgan fingerprint density at radius 3 is 2.37 bits per heavy atom. The van der Waals surface area contributed by atoms with Crippen molar-refractivity contribution in [2.75, 3.05) is 26.3 Å². The lowest BCUT2D eigenvalue weighted by atomic mass is 9.85. The predicted molar refractivity (Wildman–Crippen MR) is 160 cm³/mol. The maximum absolute atomic E-state index is 14.6. The lowest BCUT2D eigenvalue weighted by Crippen LogP contribution is -2.52. The number of hydrogen-bond donors (Lipinski definition) is 0. The maximum atomic E-state index is 14.6. The molecule has 2 aliphatic rings. The summed E-state index contributed by atoms with van der Waals surface area (Å²) in [6.07, 6.45) is 5.93. The van der Waals surface area contributed by atoms with Crippen LogP contribution in [0.1, 0.15) is 82.0 Å². The van der Waals surface area contributed by atoms with E-state index in [-0.39, 0.29) is 24.3 Å². The van der Waals surface area contributed by atoms with Gasteiger partial charge in [0.25, 0.3) is 5.91 Å². The van der Waals surface area contributed by atoms with Gasteiger partial charge in [0.1, 0.15) is 11.6 Å². The third-order valence-electron chi connectivity index (χ3n) is 8.71. The van der Waals surface area contributed by atoms with Crippen molar-refractivity contribution in [2.24, 2.45) is 5.92 Å². The van der Waals surface area contributed by atoms with E-state index in [0.717, 1.165) is 48.4 Å². The van der Waals surface area contributed by atoms with Crippen LogP contribution in [-0.4, -0.2) is 75.8 Å². The molecule has 0 radical (unpaired) electrons. The first-order valence-corrected chi connectivity index (χ1v) is 15.1. The summed E-state index contributed by atoms with van der Waals surface area (Å²) in [5.41, 5.74) is 4.16. The summed E-state index contributed by atoms with van der Waals surface area (Å²) in [6, 6.07) is 7.23. The van der Waals surface area contributed by atoms with Gasteiger partial charge in [-0.25, -0.2) is 9.37 Å². The lowest BCUT2D eigenvalue weighted by Gasteiger charge is -2.46. The molecule has 4 heterocycles. The third kappa shape index (κ3) is 6.06. The number of imidazole rings is 1. The highest BCUT2D eigenvalue weighted by Crippen LogP contribution is 2.37. The number of carbonyl (C=O) groups excluding carboxylic acids is 1. The van der Waals surface area contributed by atoms with Gasteiger partial charge in [-0.15, -0.1) is 0 Å². The summed E-state index contributed by atoms with van der Waals surface area (Å²) in [5, 5.41) is 0. The number of benzene rings is 1. The zero-order valence-electron chi connectivity index (χ0n) is 25.6. The summed E-state index contributed by atoms with van der Waals surface area (Å²) >= 11 is 0. The number of fused-ring (bicyclic) bond motifs is 1. The van der Waals surface area contributed by atoms with Crippen molar-refractivity contribution in [3.63, 3.8) is 0 Å². The second-order valence-electron chi connectivity index (χ2n) is 12.5. The summed E-state index contributed by atoms with van der Waals surface area (Å²) in [4.78, 5) is 22.8. The van der Waals surface area contributed by atoms with Crippen molar-refractivity contribution in [3.05, 3.63) is 59.4 Å². The number of pyridine rings is 1. The van der Waals surface area contributed by atoms with E-state index in [1.54, 1.807) is 6.07 Å². The van der Waals surface area contributed by atoms with Gasteiger partial charge >= 0.3 is 0 Å². The lowest BCUT2D eigenvalue weighted by molar-refractivity contribution is -0.0564. The van der Waals surface area contributed by atoms with E-state index in [2.05, 4.69) is 40.4 Å². The van der Waals surface area contributed by atoms with Crippen LogP contribution >= 0.6 is 0 Å². The Labute approximate surface area is 243 Å². The van der Waals surface area contributed by atoms with Gasteiger partial charge in [-0.1, -0.05) is 19.9 Å². The van der Waals surface area contributed by atoms with Crippen LogP contribution in [0.4, 0.5) is 4.39 Å². The molecular formula is C33H45FN4O3. The summed E-state index contributed by atoms with van der Waals surface area (Å²) in [7, 11) is 0. The molecule has 0 N–H and O–H groups in total. The van der Waals surface area contributed by atoms with Gasteiger partial charge in [-0.2, -0.15) is 0 Å². The van der Waals surface area contributed by atoms with Crippen LogP contribution in [0.15, 0.2) is 36.7 Å². The first-order chi connectivity index (χ1) is 19.5. The number of ether oxygens (including phenoxy) is 2. The van der Waals surface area contributed by atoms with Crippen molar-refractivity contribution in [1.82, 2.24) is 19.2 Å². The van der Waals surface area contributed by atoms with Crippen LogP contribution in [-0.2, 0) is 9.47 Å². The average molecular weight is 565 g/mol. The minimum atomic E-state index is -0.413. The quantitative estimate of drug-likeness (QED) is 0.290. The number of carbonyl (C=O) groups is 1. The highest BCUT2D eigenvalue weighted by atomic mass is 19.1. The Kier molecular flexibility index (Phi) is 8.83. The molecule has 41 heavy (non-hydrogen) atoms. The van der Waals surface area contributed by atoms with Gasteiger partial charge in [0, 0.05) is 48.9 Å². The largest absolute Gasteiger partial charge is 0.350 e. The van der Waals surface area contributed by atoms with Gasteiger partial charge in [0.2, 0.25) is 0 Å². The Bertz CT molecular complexity index is 1360. The SMILES string of the molecule is Cc1ncc2c(-c3ccc(F)cc3C(=O)N(C(C)C)C(C)C)cc(C3CN(C(CCC4OCCO4)C(C)C)C3)cn12. The highest BCUT2D eigenvalue weighted by Gasteiger charge is 2.36. The molecule has 3 aromatic rings.